The number of hydrogen-bond acceptors (Lipinski definition) is 6. The first kappa shape index (κ1) is 23.1. The second-order valence-electron chi connectivity index (χ2n) is 6.88. The van der Waals surface area contributed by atoms with Crippen LogP contribution < -0.4 is 15.0 Å². The quantitative estimate of drug-likeness (QED) is 0.235. The van der Waals surface area contributed by atoms with Crippen LogP contribution in [0.25, 0.3) is 17.0 Å². The number of ketones is 1. The predicted molar refractivity (Wildman–Crippen MR) is 122 cm³/mol. The van der Waals surface area contributed by atoms with Gasteiger partial charge < -0.3 is 19.2 Å². The number of hydrogen-bond donors (Lipinski definition) is 1. The van der Waals surface area contributed by atoms with Crippen LogP contribution in [0.4, 0.5) is 0 Å². The highest BCUT2D eigenvalue weighted by atomic mass is 35.5. The van der Waals surface area contributed by atoms with Crippen LogP contribution in [0, 0.1) is 0 Å². The molecule has 1 N–H and O–H groups in total. The Kier molecular flexibility index (Phi) is 7.33. The molecule has 7 nitrogen and oxygen atoms in total. The molecule has 0 spiro atoms. The van der Waals surface area contributed by atoms with E-state index in [0.717, 1.165) is 5.39 Å². The van der Waals surface area contributed by atoms with Crippen LogP contribution in [0.15, 0.2) is 52.8 Å². The van der Waals surface area contributed by atoms with E-state index in [1.54, 1.807) is 43.3 Å². The van der Waals surface area contributed by atoms with E-state index in [9.17, 15) is 14.4 Å². The van der Waals surface area contributed by atoms with Gasteiger partial charge in [0, 0.05) is 27.6 Å². The number of fused-ring (bicyclic) bond motifs is 1. The van der Waals surface area contributed by atoms with E-state index in [4.69, 9.17) is 25.8 Å². The summed E-state index contributed by atoms with van der Waals surface area (Å²) in [5.41, 5.74) is 1.58. The van der Waals surface area contributed by atoms with E-state index in [1.807, 2.05) is 0 Å². The van der Waals surface area contributed by atoms with E-state index in [0.29, 0.717) is 33.2 Å². The first-order valence-corrected chi connectivity index (χ1v) is 10.2. The number of benzene rings is 2. The highest BCUT2D eigenvalue weighted by Crippen LogP contribution is 2.30. The number of aromatic amines is 1. The molecule has 2 aromatic carbocycles. The van der Waals surface area contributed by atoms with Crippen molar-refractivity contribution in [2.24, 2.45) is 0 Å². The van der Waals surface area contributed by atoms with Crippen LogP contribution in [0.3, 0.4) is 0 Å². The van der Waals surface area contributed by atoms with Crippen LogP contribution in [0.5, 0.6) is 11.5 Å². The number of esters is 1. The van der Waals surface area contributed by atoms with Crippen LogP contribution in [0.1, 0.15) is 25.0 Å². The Balaban J connectivity index is 1.89. The lowest BCUT2D eigenvalue weighted by Gasteiger charge is -2.13. The summed E-state index contributed by atoms with van der Waals surface area (Å²) in [5.74, 6) is -0.250. The molecule has 166 valence electrons. The molecule has 0 saturated carbocycles. The first-order chi connectivity index (χ1) is 15.3. The number of carbonyl (C=O) groups excluding carboxylic acids is 2. The molecule has 0 amide bonds. The molecule has 32 heavy (non-hydrogen) atoms. The summed E-state index contributed by atoms with van der Waals surface area (Å²) in [7, 11) is 1.48. The minimum Gasteiger partial charge on any atom is -0.493 e. The summed E-state index contributed by atoms with van der Waals surface area (Å²) in [6, 6.07) is 11.6. The van der Waals surface area contributed by atoms with Gasteiger partial charge in [0.25, 0.3) is 0 Å². The number of H-pyrrole nitrogens is 1. The molecule has 0 aliphatic rings. The maximum Gasteiger partial charge on any atom is 0.341 e. The minimum absolute atomic E-state index is 0.0607. The molecular weight excluding hydrogens is 434 g/mol. The van der Waals surface area contributed by atoms with Gasteiger partial charge in [-0.25, -0.2) is 4.79 Å². The number of nitrogens with one attached hydrogen (secondary N) is 1. The number of methoxy groups -OCH3 is 1. The van der Waals surface area contributed by atoms with Gasteiger partial charge in [0.1, 0.15) is 12.2 Å². The second-order valence-corrected chi connectivity index (χ2v) is 7.32. The van der Waals surface area contributed by atoms with Gasteiger partial charge in [0.15, 0.2) is 17.3 Å². The van der Waals surface area contributed by atoms with Crippen molar-refractivity contribution in [3.8, 4) is 11.5 Å². The Morgan fingerprint density at radius 1 is 1.09 bits per heavy atom. The van der Waals surface area contributed by atoms with Crippen molar-refractivity contribution < 1.29 is 23.8 Å². The summed E-state index contributed by atoms with van der Waals surface area (Å²) >= 11 is 6.10. The monoisotopic (exact) mass is 455 g/mol. The zero-order valence-corrected chi connectivity index (χ0v) is 18.6. The Morgan fingerprint density at radius 3 is 2.56 bits per heavy atom. The van der Waals surface area contributed by atoms with Gasteiger partial charge in [-0.05, 0) is 55.8 Å². The van der Waals surface area contributed by atoms with Gasteiger partial charge in [-0.15, -0.1) is 0 Å². The molecule has 0 saturated heterocycles. The standard InChI is InChI=1S/C24H22ClNO6/c1-4-31-24(29)18(14(2)27)9-15-5-8-21(22(10-15)30-3)32-13-16-11-23(28)26-20-7-6-17(25)12-19(16)20/h5-12H,4,13H2,1-3H3,(H,26,28)/b18-9+. The SMILES string of the molecule is CCOC(=O)/C(=C/c1ccc(OCc2cc(=O)[nH]c3ccc(Cl)cc23)c(OC)c1)C(C)=O. The van der Waals surface area contributed by atoms with Gasteiger partial charge in [-0.3, -0.25) is 9.59 Å². The van der Waals surface area contributed by atoms with Gasteiger partial charge >= 0.3 is 5.97 Å². The Labute approximate surface area is 189 Å². The van der Waals surface area contributed by atoms with Crippen molar-refractivity contribution in [3.05, 3.63) is 74.5 Å². The molecule has 0 unspecified atom stereocenters. The van der Waals surface area contributed by atoms with Crippen LogP contribution in [-0.4, -0.2) is 30.5 Å². The summed E-state index contributed by atoms with van der Waals surface area (Å²) in [4.78, 5) is 38.6. The van der Waals surface area contributed by atoms with Crippen molar-refractivity contribution in [2.45, 2.75) is 20.5 Å². The fraction of sp³-hybridized carbons (Fsp3) is 0.208. The molecule has 0 radical (unpaired) electrons. The van der Waals surface area contributed by atoms with Gasteiger partial charge in [-0.2, -0.15) is 0 Å². The molecular formula is C24H22ClNO6. The second kappa shape index (κ2) is 10.2. The molecule has 3 aromatic rings. The van der Waals surface area contributed by atoms with E-state index in [2.05, 4.69) is 4.98 Å². The molecule has 0 bridgehead atoms. The van der Waals surface area contributed by atoms with Crippen molar-refractivity contribution >= 4 is 40.3 Å². The fourth-order valence-electron chi connectivity index (χ4n) is 3.14. The maximum atomic E-state index is 12.0. The van der Waals surface area contributed by atoms with Gasteiger partial charge in [0.05, 0.1) is 13.7 Å². The fourth-order valence-corrected chi connectivity index (χ4v) is 3.32. The molecule has 1 aromatic heterocycles. The van der Waals surface area contributed by atoms with Crippen molar-refractivity contribution in [3.63, 3.8) is 0 Å². The van der Waals surface area contributed by atoms with E-state index >= 15 is 0 Å². The Morgan fingerprint density at radius 2 is 1.88 bits per heavy atom. The number of carbonyl (C=O) groups is 2. The lowest BCUT2D eigenvalue weighted by molar-refractivity contribution is -0.139. The molecule has 8 heteroatoms. The first-order valence-electron chi connectivity index (χ1n) is 9.84. The summed E-state index contributed by atoms with van der Waals surface area (Å²) < 4.78 is 16.3. The predicted octanol–water partition coefficient (Wildman–Crippen LogP) is 4.30. The van der Waals surface area contributed by atoms with Crippen LogP contribution in [-0.2, 0) is 20.9 Å². The lowest BCUT2D eigenvalue weighted by atomic mass is 10.1. The zero-order valence-electron chi connectivity index (χ0n) is 17.9. The average molecular weight is 456 g/mol. The highest BCUT2D eigenvalue weighted by Gasteiger charge is 2.16. The third kappa shape index (κ3) is 5.36. The van der Waals surface area contributed by atoms with Gasteiger partial charge in [-0.1, -0.05) is 17.7 Å². The molecule has 0 aliphatic heterocycles. The summed E-state index contributed by atoms with van der Waals surface area (Å²) in [5, 5.41) is 1.32. The summed E-state index contributed by atoms with van der Waals surface area (Å²) in [6.07, 6.45) is 1.44. The number of pyridine rings is 1. The Hall–Kier alpha value is -3.58. The third-order valence-electron chi connectivity index (χ3n) is 4.65. The lowest BCUT2D eigenvalue weighted by Crippen LogP contribution is -2.13. The largest absolute Gasteiger partial charge is 0.493 e. The minimum atomic E-state index is -0.681. The van der Waals surface area contributed by atoms with E-state index in [1.165, 1.54) is 26.2 Å². The van der Waals surface area contributed by atoms with Crippen molar-refractivity contribution in [1.82, 2.24) is 4.98 Å². The number of ether oxygens (including phenoxy) is 3. The molecule has 0 fully saturated rings. The number of aromatic nitrogens is 1. The zero-order chi connectivity index (χ0) is 23.3. The third-order valence-corrected chi connectivity index (χ3v) is 4.88. The van der Waals surface area contributed by atoms with Crippen molar-refractivity contribution in [1.29, 1.82) is 0 Å². The topological polar surface area (TPSA) is 94.7 Å². The average Bonchev–Trinajstić information content (AvgIpc) is 2.76. The van der Waals surface area contributed by atoms with Gasteiger partial charge in [0.2, 0.25) is 5.56 Å². The number of rotatable bonds is 8. The Bertz CT molecular complexity index is 1260. The van der Waals surface area contributed by atoms with E-state index in [-0.39, 0.29) is 24.3 Å². The van der Waals surface area contributed by atoms with E-state index < -0.39 is 11.8 Å². The normalized spacial score (nSPS) is 11.3. The maximum absolute atomic E-state index is 12.0. The van der Waals surface area contributed by atoms with Crippen LogP contribution >= 0.6 is 11.6 Å². The molecule has 1 heterocycles. The molecule has 3 rings (SSSR count). The number of Topliss-reactive ketones (excluding diaryl/α,β-unsaturated/α-hetero) is 1. The van der Waals surface area contributed by atoms with Crippen molar-refractivity contribution in [2.75, 3.05) is 13.7 Å². The molecule has 0 aliphatic carbocycles. The van der Waals surface area contributed by atoms with Crippen LogP contribution in [0.2, 0.25) is 5.02 Å². The smallest absolute Gasteiger partial charge is 0.341 e. The molecule has 0 atom stereocenters. The number of halogens is 1. The highest BCUT2D eigenvalue weighted by molar-refractivity contribution is 6.31. The summed E-state index contributed by atoms with van der Waals surface area (Å²) in [6.45, 7) is 3.24.